The van der Waals surface area contributed by atoms with E-state index in [1.165, 1.54) is 0 Å². The number of ether oxygens (including phenoxy) is 6. The summed E-state index contributed by atoms with van der Waals surface area (Å²) in [6.07, 6.45) is -2.85. The third-order valence-electron chi connectivity index (χ3n) is 6.46. The van der Waals surface area contributed by atoms with Gasteiger partial charge < -0.3 is 28.4 Å². The van der Waals surface area contributed by atoms with E-state index in [1.807, 2.05) is 91.0 Å². The molecule has 0 aromatic heterocycles. The van der Waals surface area contributed by atoms with E-state index in [-0.39, 0.29) is 13.2 Å². The van der Waals surface area contributed by atoms with Crippen molar-refractivity contribution in [3.8, 4) is 0 Å². The summed E-state index contributed by atoms with van der Waals surface area (Å²) in [5, 5.41) is -4.80. The second-order valence-corrected chi connectivity index (χ2v) is 10.3. The van der Waals surface area contributed by atoms with Crippen molar-refractivity contribution < 1.29 is 28.4 Å². The molecule has 3 unspecified atom stereocenters. The normalized spacial score (nSPS) is 38.4. The third-order valence-corrected chi connectivity index (χ3v) is 7.69. The Bertz CT molecular complexity index is 1110. The summed E-state index contributed by atoms with van der Waals surface area (Å²) in [5.74, 6) is 0. The minimum Gasteiger partial charge on any atom is -0.331 e. The Kier molecular flexibility index (Phi) is 6.53. The standard InChI is InChI=1S/C27H23Cl3O6/c28-25(18-10-4-1-5-11-18)31-16-21-24-23(35-26(29,33-21)19-12-6-2-7-13-19)22(17-32-25)34-27(30,36-24)20-14-8-3-9-15-20/h1-15,21-24H,16-17H2/t21-,22+,23-,24-,25?,26?,27?/m1/s1. The van der Waals surface area contributed by atoms with Gasteiger partial charge in [-0.2, -0.15) is 0 Å². The minimum absolute atomic E-state index is 0.0152. The predicted octanol–water partition coefficient (Wildman–Crippen LogP) is 5.75. The maximum absolute atomic E-state index is 6.95. The van der Waals surface area contributed by atoms with E-state index < -0.39 is 40.2 Å². The van der Waals surface area contributed by atoms with E-state index in [4.69, 9.17) is 63.2 Å². The van der Waals surface area contributed by atoms with E-state index >= 15 is 0 Å². The van der Waals surface area contributed by atoms with Gasteiger partial charge in [0.05, 0.1) is 13.2 Å². The Balaban J connectivity index is 1.41. The van der Waals surface area contributed by atoms with Gasteiger partial charge in [0.25, 0.3) is 15.7 Å². The average molecular weight is 550 g/mol. The number of hydrogen-bond acceptors (Lipinski definition) is 6. The Morgan fingerprint density at radius 1 is 0.472 bits per heavy atom. The molecule has 3 aliphatic rings. The first-order valence-electron chi connectivity index (χ1n) is 11.6. The molecule has 188 valence electrons. The molecule has 3 aliphatic heterocycles. The molecule has 4 bridgehead atoms. The number of alkyl halides is 3. The molecule has 0 N–H and O–H groups in total. The van der Waals surface area contributed by atoms with Crippen LogP contribution < -0.4 is 0 Å². The van der Waals surface area contributed by atoms with Crippen LogP contribution in [0.25, 0.3) is 0 Å². The molecule has 6 rings (SSSR count). The highest BCUT2D eigenvalue weighted by atomic mass is 35.5. The maximum atomic E-state index is 6.95. The van der Waals surface area contributed by atoms with Gasteiger partial charge in [-0.25, -0.2) is 0 Å². The number of rotatable bonds is 3. The van der Waals surface area contributed by atoms with Crippen LogP contribution in [0.4, 0.5) is 0 Å². The summed E-state index contributed by atoms with van der Waals surface area (Å²) in [6, 6.07) is 27.7. The van der Waals surface area contributed by atoms with E-state index in [0.29, 0.717) is 16.7 Å². The minimum atomic E-state index is -1.60. The summed E-state index contributed by atoms with van der Waals surface area (Å²) in [5.41, 5.74) is 1.87. The van der Waals surface area contributed by atoms with Gasteiger partial charge in [-0.15, -0.1) is 0 Å². The van der Waals surface area contributed by atoms with Crippen LogP contribution in [0.3, 0.4) is 0 Å². The average Bonchev–Trinajstić information content (AvgIpc) is 2.94. The van der Waals surface area contributed by atoms with Crippen LogP contribution in [-0.4, -0.2) is 37.6 Å². The molecule has 3 heterocycles. The lowest BCUT2D eigenvalue weighted by molar-refractivity contribution is -0.409. The molecule has 6 nitrogen and oxygen atoms in total. The Labute approximate surface area is 223 Å². The van der Waals surface area contributed by atoms with Crippen LogP contribution >= 0.6 is 34.8 Å². The first-order chi connectivity index (χ1) is 17.4. The van der Waals surface area contributed by atoms with Crippen molar-refractivity contribution in [1.29, 1.82) is 0 Å². The number of halogens is 3. The first-order valence-corrected chi connectivity index (χ1v) is 12.7. The Hall–Kier alpha value is -1.71. The molecule has 3 aromatic rings. The summed E-state index contributed by atoms with van der Waals surface area (Å²) >= 11 is 20.8. The molecule has 3 aromatic carbocycles. The van der Waals surface area contributed by atoms with E-state index in [2.05, 4.69) is 0 Å². The fourth-order valence-electron chi connectivity index (χ4n) is 4.67. The maximum Gasteiger partial charge on any atom is 0.277 e. The first kappa shape index (κ1) is 24.6. The van der Waals surface area contributed by atoms with Gasteiger partial charge in [0, 0.05) is 16.7 Å². The zero-order chi connectivity index (χ0) is 24.8. The van der Waals surface area contributed by atoms with Gasteiger partial charge in [-0.3, -0.25) is 0 Å². The molecule has 0 spiro atoms. The SMILES string of the molecule is ClC1(c2ccccc2)OC[C@@H]2OC(Cl)(c3ccccc3)O[C@H]3[C@@H]2OC(Cl)(c2ccccc2)O[C@@H]3CO1. The van der Waals surface area contributed by atoms with Gasteiger partial charge in [0.1, 0.15) is 24.4 Å². The van der Waals surface area contributed by atoms with Crippen LogP contribution in [-0.2, 0) is 44.2 Å². The van der Waals surface area contributed by atoms with Crippen molar-refractivity contribution >= 4 is 34.8 Å². The predicted molar refractivity (Wildman–Crippen MR) is 133 cm³/mol. The lowest BCUT2D eigenvalue weighted by Gasteiger charge is -2.52. The largest absolute Gasteiger partial charge is 0.331 e. The van der Waals surface area contributed by atoms with Crippen molar-refractivity contribution in [3.63, 3.8) is 0 Å². The molecule has 7 atom stereocenters. The lowest BCUT2D eigenvalue weighted by Crippen LogP contribution is -2.65. The second-order valence-electron chi connectivity index (χ2n) is 8.81. The molecule has 0 radical (unpaired) electrons. The van der Waals surface area contributed by atoms with Crippen molar-refractivity contribution in [2.24, 2.45) is 0 Å². The van der Waals surface area contributed by atoms with Gasteiger partial charge in [-0.1, -0.05) is 126 Å². The fraction of sp³-hybridized carbons (Fsp3) is 0.333. The molecular weight excluding hydrogens is 527 g/mol. The van der Waals surface area contributed by atoms with Crippen molar-refractivity contribution in [1.82, 2.24) is 0 Å². The Morgan fingerprint density at radius 2 is 0.806 bits per heavy atom. The highest BCUT2D eigenvalue weighted by Gasteiger charge is 2.60. The van der Waals surface area contributed by atoms with Gasteiger partial charge in [0.15, 0.2) is 0 Å². The summed E-state index contributed by atoms with van der Waals surface area (Å²) in [6.45, 7) is -0.0304. The van der Waals surface area contributed by atoms with E-state index in [0.717, 1.165) is 0 Å². The topological polar surface area (TPSA) is 55.4 Å². The molecule has 0 saturated carbocycles. The van der Waals surface area contributed by atoms with Crippen LogP contribution in [0.2, 0.25) is 0 Å². The molecule has 9 heteroatoms. The molecule has 0 amide bonds. The third kappa shape index (κ3) is 4.45. The highest BCUT2D eigenvalue weighted by Crippen LogP contribution is 2.50. The fourth-order valence-corrected chi connectivity index (χ4v) is 5.61. The second kappa shape index (κ2) is 9.55. The zero-order valence-corrected chi connectivity index (χ0v) is 21.2. The van der Waals surface area contributed by atoms with E-state index in [1.54, 1.807) is 0 Å². The molecular formula is C27H23Cl3O6. The van der Waals surface area contributed by atoms with E-state index in [9.17, 15) is 0 Å². The van der Waals surface area contributed by atoms with Gasteiger partial charge in [-0.05, 0) is 0 Å². The quantitative estimate of drug-likeness (QED) is 0.388. The van der Waals surface area contributed by atoms with Crippen LogP contribution in [0.5, 0.6) is 0 Å². The Morgan fingerprint density at radius 3 is 1.17 bits per heavy atom. The highest BCUT2D eigenvalue weighted by molar-refractivity contribution is 6.22. The van der Waals surface area contributed by atoms with Crippen LogP contribution in [0.15, 0.2) is 91.0 Å². The number of benzene rings is 3. The van der Waals surface area contributed by atoms with Crippen molar-refractivity contribution in [2.75, 3.05) is 13.2 Å². The van der Waals surface area contributed by atoms with Gasteiger partial charge >= 0.3 is 0 Å². The molecule has 3 saturated heterocycles. The molecule has 36 heavy (non-hydrogen) atoms. The van der Waals surface area contributed by atoms with Gasteiger partial charge in [0.2, 0.25) is 0 Å². The summed E-state index contributed by atoms with van der Waals surface area (Å²) < 4.78 is 37.7. The zero-order valence-electron chi connectivity index (χ0n) is 19.0. The summed E-state index contributed by atoms with van der Waals surface area (Å²) in [4.78, 5) is 0. The van der Waals surface area contributed by atoms with Crippen LogP contribution in [0.1, 0.15) is 16.7 Å². The van der Waals surface area contributed by atoms with Crippen molar-refractivity contribution in [2.45, 2.75) is 40.2 Å². The molecule has 3 fully saturated rings. The summed E-state index contributed by atoms with van der Waals surface area (Å²) in [7, 11) is 0. The van der Waals surface area contributed by atoms with Crippen molar-refractivity contribution in [3.05, 3.63) is 108 Å². The smallest absolute Gasteiger partial charge is 0.277 e. The monoisotopic (exact) mass is 548 g/mol. The van der Waals surface area contributed by atoms with Crippen LogP contribution in [0, 0.1) is 0 Å². The lowest BCUT2D eigenvalue weighted by atomic mass is 9.98. The molecule has 0 aliphatic carbocycles. The number of hydrogen-bond donors (Lipinski definition) is 0.